The first-order chi connectivity index (χ1) is 8.50. The molecule has 1 fully saturated rings. The van der Waals surface area contributed by atoms with E-state index in [2.05, 4.69) is 27.7 Å². The molecule has 1 aromatic rings. The molecule has 0 bridgehead atoms. The molecule has 0 unspecified atom stereocenters. The topological polar surface area (TPSA) is 38.7 Å². The van der Waals surface area contributed by atoms with Crippen molar-refractivity contribution in [3.8, 4) is 5.75 Å². The number of benzene rings is 1. The van der Waals surface area contributed by atoms with Crippen molar-refractivity contribution >= 4 is 0 Å². The van der Waals surface area contributed by atoms with Crippen LogP contribution in [-0.2, 0) is 9.47 Å². The van der Waals surface area contributed by atoms with E-state index in [1.807, 2.05) is 12.1 Å². The summed E-state index contributed by atoms with van der Waals surface area (Å²) in [5.41, 5.74) is 2.95. The zero-order chi connectivity index (χ0) is 13.3. The van der Waals surface area contributed by atoms with Crippen LogP contribution in [0.15, 0.2) is 12.1 Å². The Labute approximate surface area is 109 Å². The number of ether oxygens (including phenoxy) is 2. The third-order valence-electron chi connectivity index (χ3n) is 3.33. The van der Waals surface area contributed by atoms with E-state index in [1.165, 1.54) is 0 Å². The summed E-state index contributed by atoms with van der Waals surface area (Å²) in [6.45, 7) is 9.61. The molecule has 0 atom stereocenters. The number of hydrogen-bond donors (Lipinski definition) is 1. The molecule has 0 amide bonds. The highest BCUT2D eigenvalue weighted by Crippen LogP contribution is 2.37. The Morgan fingerprint density at radius 3 is 1.83 bits per heavy atom. The van der Waals surface area contributed by atoms with E-state index in [0.29, 0.717) is 19.0 Å². The Balaban J connectivity index is 2.47. The first kappa shape index (κ1) is 13.4. The van der Waals surface area contributed by atoms with Crippen LogP contribution >= 0.6 is 0 Å². The quantitative estimate of drug-likeness (QED) is 0.889. The fourth-order valence-corrected chi connectivity index (χ4v) is 2.27. The molecule has 100 valence electrons. The van der Waals surface area contributed by atoms with Gasteiger partial charge in [-0.2, -0.15) is 0 Å². The molecule has 3 heteroatoms. The normalized spacial score (nSPS) is 17.0. The van der Waals surface area contributed by atoms with Gasteiger partial charge in [-0.25, -0.2) is 0 Å². The zero-order valence-corrected chi connectivity index (χ0v) is 11.6. The standard InChI is InChI=1S/C15H22O3/c1-9(2)12-7-11(15-17-5-6-18-15)8-13(10(3)4)14(12)16/h7-10,15-16H,5-6H2,1-4H3. The molecule has 1 N–H and O–H groups in total. The van der Waals surface area contributed by atoms with Gasteiger partial charge in [-0.15, -0.1) is 0 Å². The van der Waals surface area contributed by atoms with Crippen molar-refractivity contribution in [1.82, 2.24) is 0 Å². The SMILES string of the molecule is CC(C)c1cc(C2OCCO2)cc(C(C)C)c1O. The first-order valence-electron chi connectivity index (χ1n) is 6.60. The van der Waals surface area contributed by atoms with Crippen molar-refractivity contribution in [2.24, 2.45) is 0 Å². The van der Waals surface area contributed by atoms with Gasteiger partial charge in [-0.1, -0.05) is 27.7 Å². The maximum atomic E-state index is 10.3. The van der Waals surface area contributed by atoms with Crippen LogP contribution in [0.1, 0.15) is 62.5 Å². The maximum absolute atomic E-state index is 10.3. The lowest BCUT2D eigenvalue weighted by Gasteiger charge is -2.19. The van der Waals surface area contributed by atoms with Crippen LogP contribution in [0.25, 0.3) is 0 Å². The zero-order valence-electron chi connectivity index (χ0n) is 11.6. The average Bonchev–Trinajstić information content (AvgIpc) is 2.82. The first-order valence-corrected chi connectivity index (χ1v) is 6.60. The van der Waals surface area contributed by atoms with Gasteiger partial charge in [0.15, 0.2) is 6.29 Å². The van der Waals surface area contributed by atoms with Crippen LogP contribution in [0.2, 0.25) is 0 Å². The van der Waals surface area contributed by atoms with E-state index < -0.39 is 0 Å². The van der Waals surface area contributed by atoms with Crippen LogP contribution in [0, 0.1) is 0 Å². The molecule has 1 aliphatic rings. The van der Waals surface area contributed by atoms with Gasteiger partial charge in [-0.05, 0) is 35.1 Å². The van der Waals surface area contributed by atoms with E-state index in [1.54, 1.807) is 0 Å². The predicted molar refractivity (Wildman–Crippen MR) is 70.9 cm³/mol. The molecule has 0 aliphatic carbocycles. The van der Waals surface area contributed by atoms with E-state index in [9.17, 15) is 5.11 Å². The number of rotatable bonds is 3. The number of phenols is 1. The largest absolute Gasteiger partial charge is 0.507 e. The van der Waals surface area contributed by atoms with E-state index in [4.69, 9.17) is 9.47 Å². The Bertz CT molecular complexity index is 389. The summed E-state index contributed by atoms with van der Waals surface area (Å²) in [7, 11) is 0. The summed E-state index contributed by atoms with van der Waals surface area (Å²) >= 11 is 0. The minimum atomic E-state index is -0.277. The lowest BCUT2D eigenvalue weighted by Crippen LogP contribution is -2.03. The molecule has 0 spiro atoms. The fraction of sp³-hybridized carbons (Fsp3) is 0.600. The van der Waals surface area contributed by atoms with Gasteiger partial charge in [0, 0.05) is 5.56 Å². The molecule has 0 radical (unpaired) electrons. The summed E-state index contributed by atoms with van der Waals surface area (Å²) < 4.78 is 11.1. The second kappa shape index (κ2) is 5.29. The third-order valence-corrected chi connectivity index (χ3v) is 3.33. The number of aromatic hydroxyl groups is 1. The Hall–Kier alpha value is -1.06. The molecule has 1 aliphatic heterocycles. The van der Waals surface area contributed by atoms with Crippen LogP contribution in [0.5, 0.6) is 5.75 Å². The highest BCUT2D eigenvalue weighted by molar-refractivity contribution is 5.47. The van der Waals surface area contributed by atoms with Crippen LogP contribution in [-0.4, -0.2) is 18.3 Å². The second-order valence-corrected chi connectivity index (χ2v) is 5.43. The fourth-order valence-electron chi connectivity index (χ4n) is 2.27. The van der Waals surface area contributed by atoms with Crippen LogP contribution in [0.4, 0.5) is 0 Å². The lowest BCUT2D eigenvalue weighted by molar-refractivity contribution is -0.0442. The van der Waals surface area contributed by atoms with Gasteiger partial charge in [0.1, 0.15) is 5.75 Å². The minimum absolute atomic E-state index is 0.277. The summed E-state index contributed by atoms with van der Waals surface area (Å²) in [4.78, 5) is 0. The van der Waals surface area contributed by atoms with Crippen molar-refractivity contribution in [3.63, 3.8) is 0 Å². The molecule has 1 aromatic carbocycles. The Morgan fingerprint density at radius 2 is 1.44 bits per heavy atom. The molecular formula is C15H22O3. The molecule has 0 saturated carbocycles. The van der Waals surface area contributed by atoms with Crippen LogP contribution in [0.3, 0.4) is 0 Å². The van der Waals surface area contributed by atoms with Gasteiger partial charge in [0.05, 0.1) is 13.2 Å². The molecular weight excluding hydrogens is 228 g/mol. The van der Waals surface area contributed by atoms with E-state index >= 15 is 0 Å². The van der Waals surface area contributed by atoms with Crippen molar-refractivity contribution in [2.45, 2.75) is 45.8 Å². The van der Waals surface area contributed by atoms with Gasteiger partial charge >= 0.3 is 0 Å². The summed E-state index contributed by atoms with van der Waals surface area (Å²) in [5, 5.41) is 10.3. The maximum Gasteiger partial charge on any atom is 0.184 e. The Morgan fingerprint density at radius 1 is 1.00 bits per heavy atom. The smallest absolute Gasteiger partial charge is 0.184 e. The lowest BCUT2D eigenvalue weighted by atomic mass is 9.91. The van der Waals surface area contributed by atoms with Crippen molar-refractivity contribution in [1.29, 1.82) is 0 Å². The minimum Gasteiger partial charge on any atom is -0.507 e. The number of hydrogen-bond acceptors (Lipinski definition) is 3. The number of phenolic OH excluding ortho intramolecular Hbond substituents is 1. The highest BCUT2D eigenvalue weighted by atomic mass is 16.7. The summed E-state index contributed by atoms with van der Waals surface area (Å²) in [5.74, 6) is 0.981. The molecule has 0 aromatic heterocycles. The van der Waals surface area contributed by atoms with Gasteiger partial charge < -0.3 is 14.6 Å². The molecule has 2 rings (SSSR count). The molecule has 1 saturated heterocycles. The highest BCUT2D eigenvalue weighted by Gasteiger charge is 2.23. The van der Waals surface area contributed by atoms with Crippen molar-refractivity contribution in [2.75, 3.05) is 13.2 Å². The predicted octanol–water partition coefficient (Wildman–Crippen LogP) is 3.68. The van der Waals surface area contributed by atoms with Gasteiger partial charge in [-0.3, -0.25) is 0 Å². The monoisotopic (exact) mass is 250 g/mol. The second-order valence-electron chi connectivity index (χ2n) is 5.43. The van der Waals surface area contributed by atoms with Crippen molar-refractivity contribution < 1.29 is 14.6 Å². The summed E-state index contributed by atoms with van der Waals surface area (Å²) in [6.07, 6.45) is -0.277. The third kappa shape index (κ3) is 2.52. The van der Waals surface area contributed by atoms with Gasteiger partial charge in [0.2, 0.25) is 0 Å². The Kier molecular flexibility index (Phi) is 3.93. The van der Waals surface area contributed by atoms with Crippen LogP contribution < -0.4 is 0 Å². The van der Waals surface area contributed by atoms with E-state index in [0.717, 1.165) is 16.7 Å². The van der Waals surface area contributed by atoms with Gasteiger partial charge in [0.25, 0.3) is 0 Å². The molecule has 1 heterocycles. The molecule has 18 heavy (non-hydrogen) atoms. The summed E-state index contributed by atoms with van der Waals surface area (Å²) in [6, 6.07) is 4.00. The average molecular weight is 250 g/mol. The van der Waals surface area contributed by atoms with E-state index in [-0.39, 0.29) is 18.1 Å². The molecule has 3 nitrogen and oxygen atoms in total. The van der Waals surface area contributed by atoms with Crippen molar-refractivity contribution in [3.05, 3.63) is 28.8 Å².